The molecule has 0 aliphatic carbocycles. The average molecular weight is 326 g/mol. The van der Waals surface area contributed by atoms with E-state index in [9.17, 15) is 0 Å². The van der Waals surface area contributed by atoms with Gasteiger partial charge in [-0.1, -0.05) is 20.3 Å². The molecule has 2 rings (SSSR count). The zero-order chi connectivity index (χ0) is 13.7. The SMILES string of the molecule is CCCC1CCN(c2ncc(Br)cc2CNCC)C1. The molecule has 1 N–H and O–H groups in total. The Kier molecular flexibility index (Phi) is 5.64. The zero-order valence-electron chi connectivity index (χ0n) is 12.0. The molecule has 3 nitrogen and oxygen atoms in total. The minimum atomic E-state index is 0.849. The summed E-state index contributed by atoms with van der Waals surface area (Å²) in [5.74, 6) is 2.02. The van der Waals surface area contributed by atoms with E-state index in [0.29, 0.717) is 0 Å². The van der Waals surface area contributed by atoms with Crippen LogP contribution >= 0.6 is 15.9 Å². The molecule has 1 aliphatic heterocycles. The topological polar surface area (TPSA) is 28.2 Å². The van der Waals surface area contributed by atoms with Crippen LogP contribution < -0.4 is 10.2 Å². The molecule has 0 bridgehead atoms. The highest BCUT2D eigenvalue weighted by Crippen LogP contribution is 2.28. The van der Waals surface area contributed by atoms with E-state index in [-0.39, 0.29) is 0 Å². The summed E-state index contributed by atoms with van der Waals surface area (Å²) in [5, 5.41) is 3.40. The predicted molar refractivity (Wildman–Crippen MR) is 84.5 cm³/mol. The molecule has 1 unspecified atom stereocenters. The number of aromatic nitrogens is 1. The zero-order valence-corrected chi connectivity index (χ0v) is 13.5. The smallest absolute Gasteiger partial charge is 0.133 e. The lowest BCUT2D eigenvalue weighted by Gasteiger charge is -2.21. The first-order chi connectivity index (χ1) is 9.24. The van der Waals surface area contributed by atoms with Gasteiger partial charge in [-0.3, -0.25) is 0 Å². The molecule has 0 aromatic carbocycles. The van der Waals surface area contributed by atoms with Crippen molar-refractivity contribution in [1.29, 1.82) is 0 Å². The molecule has 0 amide bonds. The molecule has 0 saturated carbocycles. The molecule has 1 aliphatic rings. The van der Waals surface area contributed by atoms with E-state index in [0.717, 1.165) is 30.0 Å². The van der Waals surface area contributed by atoms with Gasteiger partial charge in [-0.05, 0) is 47.3 Å². The summed E-state index contributed by atoms with van der Waals surface area (Å²) < 4.78 is 1.06. The standard InChI is InChI=1S/C15H24BrN3/c1-3-5-12-6-7-19(11-12)15-13(9-17-4-2)8-14(16)10-18-15/h8,10,12,17H,3-7,9,11H2,1-2H3. The summed E-state index contributed by atoms with van der Waals surface area (Å²) in [4.78, 5) is 7.10. The first kappa shape index (κ1) is 14.8. The Morgan fingerprint density at radius 2 is 2.32 bits per heavy atom. The van der Waals surface area contributed by atoms with Crippen molar-refractivity contribution in [2.45, 2.75) is 39.7 Å². The van der Waals surface area contributed by atoms with Gasteiger partial charge in [0, 0.05) is 35.9 Å². The first-order valence-electron chi connectivity index (χ1n) is 7.34. The molecule has 1 aromatic rings. The van der Waals surface area contributed by atoms with Crippen molar-refractivity contribution in [1.82, 2.24) is 10.3 Å². The van der Waals surface area contributed by atoms with Gasteiger partial charge in [0.2, 0.25) is 0 Å². The van der Waals surface area contributed by atoms with Crippen LogP contribution in [0.5, 0.6) is 0 Å². The Morgan fingerprint density at radius 1 is 1.47 bits per heavy atom. The maximum absolute atomic E-state index is 4.65. The Morgan fingerprint density at radius 3 is 3.05 bits per heavy atom. The molecule has 4 heteroatoms. The number of hydrogen-bond acceptors (Lipinski definition) is 3. The quantitative estimate of drug-likeness (QED) is 0.866. The van der Waals surface area contributed by atoms with Crippen LogP contribution in [0.3, 0.4) is 0 Å². The fourth-order valence-corrected chi connectivity index (χ4v) is 3.20. The summed E-state index contributed by atoms with van der Waals surface area (Å²) in [7, 11) is 0. The second kappa shape index (κ2) is 7.25. The van der Waals surface area contributed by atoms with E-state index in [4.69, 9.17) is 0 Å². The molecule has 1 fully saturated rings. The minimum absolute atomic E-state index is 0.849. The third-order valence-corrected chi connectivity index (χ3v) is 4.19. The molecule has 0 radical (unpaired) electrons. The molecule has 0 spiro atoms. The van der Waals surface area contributed by atoms with Crippen LogP contribution in [0, 0.1) is 5.92 Å². The van der Waals surface area contributed by atoms with Crippen LogP contribution in [0.1, 0.15) is 38.7 Å². The number of anilines is 1. The van der Waals surface area contributed by atoms with Gasteiger partial charge >= 0.3 is 0 Å². The molecular weight excluding hydrogens is 302 g/mol. The Labute approximate surface area is 124 Å². The van der Waals surface area contributed by atoms with E-state index < -0.39 is 0 Å². The summed E-state index contributed by atoms with van der Waals surface area (Å²) in [5.41, 5.74) is 1.30. The van der Waals surface area contributed by atoms with Crippen molar-refractivity contribution in [3.8, 4) is 0 Å². The molecular formula is C15H24BrN3. The summed E-state index contributed by atoms with van der Waals surface area (Å²) in [6.07, 6.45) is 5.86. The van der Waals surface area contributed by atoms with Gasteiger partial charge in [0.15, 0.2) is 0 Å². The number of halogens is 1. The highest BCUT2D eigenvalue weighted by atomic mass is 79.9. The van der Waals surface area contributed by atoms with Crippen LogP contribution in [-0.4, -0.2) is 24.6 Å². The maximum Gasteiger partial charge on any atom is 0.133 e. The minimum Gasteiger partial charge on any atom is -0.356 e. The molecule has 1 atom stereocenters. The molecule has 106 valence electrons. The molecule has 1 saturated heterocycles. The van der Waals surface area contributed by atoms with Gasteiger partial charge in [-0.25, -0.2) is 4.98 Å². The number of rotatable bonds is 6. The van der Waals surface area contributed by atoms with Crippen LogP contribution in [0.15, 0.2) is 16.7 Å². The van der Waals surface area contributed by atoms with Crippen molar-refractivity contribution in [3.63, 3.8) is 0 Å². The summed E-state index contributed by atoms with van der Waals surface area (Å²) >= 11 is 3.52. The summed E-state index contributed by atoms with van der Waals surface area (Å²) in [6.45, 7) is 8.62. The first-order valence-corrected chi connectivity index (χ1v) is 8.14. The van der Waals surface area contributed by atoms with Gasteiger partial charge < -0.3 is 10.2 Å². The van der Waals surface area contributed by atoms with Crippen molar-refractivity contribution in [2.24, 2.45) is 5.92 Å². The van der Waals surface area contributed by atoms with Gasteiger partial charge in [0.25, 0.3) is 0 Å². The van der Waals surface area contributed by atoms with Gasteiger partial charge in [0.05, 0.1) is 0 Å². The van der Waals surface area contributed by atoms with Crippen LogP contribution in [0.4, 0.5) is 5.82 Å². The van der Waals surface area contributed by atoms with Crippen molar-refractivity contribution >= 4 is 21.7 Å². The van der Waals surface area contributed by atoms with Crippen LogP contribution in [-0.2, 0) is 6.54 Å². The predicted octanol–water partition coefficient (Wildman–Crippen LogP) is 3.58. The number of hydrogen-bond donors (Lipinski definition) is 1. The lowest BCUT2D eigenvalue weighted by Crippen LogP contribution is -2.24. The fourth-order valence-electron chi connectivity index (χ4n) is 2.82. The van der Waals surface area contributed by atoms with Gasteiger partial charge in [-0.15, -0.1) is 0 Å². The number of nitrogens with one attached hydrogen (secondary N) is 1. The van der Waals surface area contributed by atoms with Gasteiger partial charge in [0.1, 0.15) is 5.82 Å². The Hall–Kier alpha value is -0.610. The van der Waals surface area contributed by atoms with Crippen molar-refractivity contribution in [3.05, 3.63) is 22.3 Å². The molecule has 2 heterocycles. The Balaban J connectivity index is 2.10. The number of pyridine rings is 1. The average Bonchev–Trinajstić information content (AvgIpc) is 2.85. The highest BCUT2D eigenvalue weighted by molar-refractivity contribution is 9.10. The van der Waals surface area contributed by atoms with E-state index in [1.165, 1.54) is 37.2 Å². The third-order valence-electron chi connectivity index (χ3n) is 3.76. The largest absolute Gasteiger partial charge is 0.356 e. The summed E-state index contributed by atoms with van der Waals surface area (Å²) in [6, 6.07) is 2.19. The van der Waals surface area contributed by atoms with E-state index in [2.05, 4.69) is 51.0 Å². The molecule has 1 aromatic heterocycles. The highest BCUT2D eigenvalue weighted by Gasteiger charge is 2.24. The fraction of sp³-hybridized carbons (Fsp3) is 0.667. The monoisotopic (exact) mass is 325 g/mol. The second-order valence-corrected chi connectivity index (χ2v) is 6.22. The lowest BCUT2D eigenvalue weighted by atomic mass is 10.0. The number of nitrogens with zero attached hydrogens (tertiary/aromatic N) is 2. The van der Waals surface area contributed by atoms with Crippen LogP contribution in [0.25, 0.3) is 0 Å². The lowest BCUT2D eigenvalue weighted by molar-refractivity contribution is 0.529. The maximum atomic E-state index is 4.65. The van der Waals surface area contributed by atoms with E-state index in [1.54, 1.807) is 0 Å². The van der Waals surface area contributed by atoms with Crippen molar-refractivity contribution in [2.75, 3.05) is 24.5 Å². The van der Waals surface area contributed by atoms with Crippen LogP contribution in [0.2, 0.25) is 0 Å². The third kappa shape index (κ3) is 3.93. The second-order valence-electron chi connectivity index (χ2n) is 5.31. The molecule has 19 heavy (non-hydrogen) atoms. The van der Waals surface area contributed by atoms with E-state index >= 15 is 0 Å². The van der Waals surface area contributed by atoms with E-state index in [1.807, 2.05) is 6.20 Å². The van der Waals surface area contributed by atoms with Gasteiger partial charge in [-0.2, -0.15) is 0 Å². The Bertz CT molecular complexity index is 408. The van der Waals surface area contributed by atoms with Crippen molar-refractivity contribution < 1.29 is 0 Å². The normalized spacial score (nSPS) is 19.1.